The van der Waals surface area contributed by atoms with Crippen LogP contribution in [0.1, 0.15) is 11.1 Å². The Bertz CT molecular complexity index is 1170. The van der Waals surface area contributed by atoms with E-state index in [1.807, 2.05) is 24.3 Å². The number of amides is 1. The monoisotopic (exact) mass is 448 g/mol. The molecule has 0 saturated heterocycles. The van der Waals surface area contributed by atoms with E-state index in [2.05, 4.69) is 5.32 Å². The number of rotatable bonds is 8. The molecule has 0 radical (unpaired) electrons. The van der Waals surface area contributed by atoms with Crippen LogP contribution in [-0.4, -0.2) is 20.1 Å². The van der Waals surface area contributed by atoms with Crippen LogP contribution in [0.3, 0.4) is 0 Å². The van der Waals surface area contributed by atoms with Crippen LogP contribution < -0.4 is 19.5 Å². The lowest BCUT2D eigenvalue weighted by Gasteiger charge is -2.12. The molecule has 0 heterocycles. The minimum Gasteiger partial charge on any atom is -0.497 e. The van der Waals surface area contributed by atoms with E-state index in [1.54, 1.807) is 55.6 Å². The number of ether oxygens (including phenoxy) is 3. The van der Waals surface area contributed by atoms with Crippen molar-refractivity contribution >= 4 is 29.3 Å². The van der Waals surface area contributed by atoms with Crippen LogP contribution in [0.5, 0.6) is 17.2 Å². The molecule has 162 valence electrons. The van der Waals surface area contributed by atoms with Gasteiger partial charge in [-0.05, 0) is 54.1 Å². The molecule has 1 amide bonds. The van der Waals surface area contributed by atoms with Gasteiger partial charge in [0.05, 0.1) is 14.2 Å². The summed E-state index contributed by atoms with van der Waals surface area (Å²) in [4.78, 5) is 12.5. The topological polar surface area (TPSA) is 80.6 Å². The zero-order valence-corrected chi connectivity index (χ0v) is 18.3. The van der Waals surface area contributed by atoms with Crippen LogP contribution in [0.4, 0.5) is 5.69 Å². The number of nitriles is 1. The van der Waals surface area contributed by atoms with Gasteiger partial charge in [0.2, 0.25) is 0 Å². The van der Waals surface area contributed by atoms with Crippen molar-refractivity contribution in [2.45, 2.75) is 6.61 Å². The van der Waals surface area contributed by atoms with Gasteiger partial charge in [-0.1, -0.05) is 35.9 Å². The van der Waals surface area contributed by atoms with Gasteiger partial charge in [0.25, 0.3) is 5.91 Å². The Morgan fingerprint density at radius 1 is 1.03 bits per heavy atom. The second-order valence-electron chi connectivity index (χ2n) is 6.64. The molecule has 3 aromatic carbocycles. The van der Waals surface area contributed by atoms with E-state index in [9.17, 15) is 10.1 Å². The third-order valence-electron chi connectivity index (χ3n) is 4.55. The van der Waals surface area contributed by atoms with Crippen LogP contribution in [0, 0.1) is 11.3 Å². The molecule has 0 aliphatic carbocycles. The van der Waals surface area contributed by atoms with Gasteiger partial charge in [0, 0.05) is 16.3 Å². The molecule has 0 atom stereocenters. The molecule has 3 aromatic rings. The molecule has 0 aliphatic heterocycles. The largest absolute Gasteiger partial charge is 0.497 e. The highest BCUT2D eigenvalue weighted by atomic mass is 35.5. The first-order chi connectivity index (χ1) is 15.5. The lowest BCUT2D eigenvalue weighted by Crippen LogP contribution is -2.13. The molecular weight excluding hydrogens is 428 g/mol. The zero-order valence-electron chi connectivity index (χ0n) is 17.6. The molecule has 0 fully saturated rings. The quantitative estimate of drug-likeness (QED) is 0.364. The minimum absolute atomic E-state index is 0.0485. The number of hydrogen-bond acceptors (Lipinski definition) is 5. The van der Waals surface area contributed by atoms with Crippen molar-refractivity contribution in [2.24, 2.45) is 0 Å². The van der Waals surface area contributed by atoms with Gasteiger partial charge in [0.15, 0.2) is 11.5 Å². The fraction of sp³-hybridized carbons (Fsp3) is 0.120. The summed E-state index contributed by atoms with van der Waals surface area (Å²) in [5, 5.41) is 12.8. The predicted molar refractivity (Wildman–Crippen MR) is 124 cm³/mol. The number of carbonyl (C=O) groups is 1. The fourth-order valence-corrected chi connectivity index (χ4v) is 3.04. The van der Waals surface area contributed by atoms with Gasteiger partial charge >= 0.3 is 0 Å². The first-order valence-corrected chi connectivity index (χ1v) is 10.0. The summed E-state index contributed by atoms with van der Waals surface area (Å²) in [5.41, 5.74) is 1.97. The summed E-state index contributed by atoms with van der Waals surface area (Å²) in [6.45, 7) is 0.277. The minimum atomic E-state index is -0.518. The second-order valence-corrected chi connectivity index (χ2v) is 7.05. The van der Waals surface area contributed by atoms with E-state index in [-0.39, 0.29) is 12.2 Å². The van der Waals surface area contributed by atoms with Crippen LogP contribution in [0.15, 0.2) is 72.3 Å². The molecule has 7 heteroatoms. The average Bonchev–Trinajstić information content (AvgIpc) is 2.82. The summed E-state index contributed by atoms with van der Waals surface area (Å²) in [6.07, 6.45) is 1.49. The Morgan fingerprint density at radius 3 is 2.44 bits per heavy atom. The highest BCUT2D eigenvalue weighted by molar-refractivity contribution is 6.31. The lowest BCUT2D eigenvalue weighted by atomic mass is 10.1. The highest BCUT2D eigenvalue weighted by Crippen LogP contribution is 2.30. The van der Waals surface area contributed by atoms with Crippen molar-refractivity contribution in [1.82, 2.24) is 0 Å². The first kappa shape index (κ1) is 22.7. The first-order valence-electron chi connectivity index (χ1n) is 9.65. The van der Waals surface area contributed by atoms with E-state index in [0.717, 1.165) is 5.56 Å². The average molecular weight is 449 g/mol. The highest BCUT2D eigenvalue weighted by Gasteiger charge is 2.12. The smallest absolute Gasteiger partial charge is 0.266 e. The number of nitrogens with one attached hydrogen (secondary N) is 1. The SMILES string of the molecule is COc1ccc(NC(=O)/C(C#N)=C\c2ccc(OCc3ccccc3Cl)c(OC)c2)cc1. The van der Waals surface area contributed by atoms with E-state index >= 15 is 0 Å². The van der Waals surface area contributed by atoms with Crippen LogP contribution in [0.2, 0.25) is 5.02 Å². The summed E-state index contributed by atoms with van der Waals surface area (Å²) >= 11 is 6.17. The number of nitrogens with zero attached hydrogens (tertiary/aromatic N) is 1. The predicted octanol–water partition coefficient (Wildman–Crippen LogP) is 5.48. The Kier molecular flexibility index (Phi) is 7.74. The van der Waals surface area contributed by atoms with Crippen molar-refractivity contribution < 1.29 is 19.0 Å². The molecule has 6 nitrogen and oxygen atoms in total. The Balaban J connectivity index is 1.74. The second kappa shape index (κ2) is 10.9. The van der Waals surface area contributed by atoms with Gasteiger partial charge in [-0.3, -0.25) is 4.79 Å². The molecule has 0 unspecified atom stereocenters. The summed E-state index contributed by atoms with van der Waals surface area (Å²) in [5.74, 6) is 1.14. The number of hydrogen-bond donors (Lipinski definition) is 1. The standard InChI is InChI=1S/C25H21ClN2O4/c1-30-21-10-8-20(9-11-21)28-25(29)19(15-27)13-17-7-12-23(24(14-17)31-2)32-16-18-5-3-4-6-22(18)26/h3-14H,16H2,1-2H3,(H,28,29)/b19-13-. The number of halogens is 1. The molecule has 0 spiro atoms. The molecule has 0 aliphatic rings. The van der Waals surface area contributed by atoms with Crippen molar-refractivity contribution in [2.75, 3.05) is 19.5 Å². The van der Waals surface area contributed by atoms with Gasteiger partial charge < -0.3 is 19.5 Å². The number of methoxy groups -OCH3 is 2. The van der Waals surface area contributed by atoms with Crippen LogP contribution in [0.25, 0.3) is 6.08 Å². The Hall–Kier alpha value is -3.95. The third kappa shape index (κ3) is 5.81. The zero-order chi connectivity index (χ0) is 22.9. The summed E-state index contributed by atoms with van der Waals surface area (Å²) in [6, 6.07) is 21.3. The van der Waals surface area contributed by atoms with Crippen molar-refractivity contribution in [3.8, 4) is 23.3 Å². The normalized spacial score (nSPS) is 10.8. The van der Waals surface area contributed by atoms with Gasteiger partial charge in [-0.2, -0.15) is 5.26 Å². The number of benzene rings is 3. The summed E-state index contributed by atoms with van der Waals surface area (Å²) in [7, 11) is 3.08. The van der Waals surface area contributed by atoms with E-state index in [1.165, 1.54) is 13.2 Å². The summed E-state index contributed by atoms with van der Waals surface area (Å²) < 4.78 is 16.4. The molecule has 0 saturated carbocycles. The Labute approximate surface area is 191 Å². The molecule has 3 rings (SSSR count). The maximum absolute atomic E-state index is 12.5. The van der Waals surface area contributed by atoms with Crippen LogP contribution in [-0.2, 0) is 11.4 Å². The number of anilines is 1. The van der Waals surface area contributed by atoms with E-state index < -0.39 is 5.91 Å². The molecular formula is C25H21ClN2O4. The van der Waals surface area contributed by atoms with E-state index in [0.29, 0.717) is 33.5 Å². The van der Waals surface area contributed by atoms with Crippen LogP contribution >= 0.6 is 11.6 Å². The van der Waals surface area contributed by atoms with Crippen molar-refractivity contribution in [3.05, 3.63) is 88.5 Å². The molecule has 0 aromatic heterocycles. The van der Waals surface area contributed by atoms with Gasteiger partial charge in [0.1, 0.15) is 24.0 Å². The van der Waals surface area contributed by atoms with Gasteiger partial charge in [-0.25, -0.2) is 0 Å². The lowest BCUT2D eigenvalue weighted by molar-refractivity contribution is -0.112. The number of carbonyl (C=O) groups excluding carboxylic acids is 1. The Morgan fingerprint density at radius 2 is 1.78 bits per heavy atom. The molecule has 32 heavy (non-hydrogen) atoms. The third-order valence-corrected chi connectivity index (χ3v) is 4.92. The maximum atomic E-state index is 12.5. The van der Waals surface area contributed by atoms with Crippen molar-refractivity contribution in [3.63, 3.8) is 0 Å². The fourth-order valence-electron chi connectivity index (χ4n) is 2.85. The van der Waals surface area contributed by atoms with Crippen molar-refractivity contribution in [1.29, 1.82) is 5.26 Å². The molecule has 1 N–H and O–H groups in total. The maximum Gasteiger partial charge on any atom is 0.266 e. The van der Waals surface area contributed by atoms with E-state index in [4.69, 9.17) is 25.8 Å². The van der Waals surface area contributed by atoms with Gasteiger partial charge in [-0.15, -0.1) is 0 Å². The molecule has 0 bridgehead atoms.